The van der Waals surface area contributed by atoms with E-state index in [1.165, 1.54) is 19.3 Å². The van der Waals surface area contributed by atoms with E-state index in [1.54, 1.807) is 0 Å². The van der Waals surface area contributed by atoms with Crippen molar-refractivity contribution in [1.82, 2.24) is 0 Å². The van der Waals surface area contributed by atoms with Crippen molar-refractivity contribution in [3.05, 3.63) is 23.8 Å². The Morgan fingerprint density at radius 1 is 1.15 bits per heavy atom. The van der Waals surface area contributed by atoms with Crippen LogP contribution in [0.3, 0.4) is 0 Å². The molecule has 1 amide bonds. The van der Waals surface area contributed by atoms with Crippen LogP contribution in [0.5, 0.6) is 5.75 Å². The van der Waals surface area contributed by atoms with Crippen molar-refractivity contribution >= 4 is 11.6 Å². The molecule has 1 aromatic carbocycles. The minimum Gasteiger partial charge on any atom is -0.489 e. The number of benzene rings is 1. The molecule has 0 bridgehead atoms. The largest absolute Gasteiger partial charge is 0.489 e. The predicted molar refractivity (Wildman–Crippen MR) is 78.9 cm³/mol. The predicted octanol–water partition coefficient (Wildman–Crippen LogP) is 2.61. The fourth-order valence-electron chi connectivity index (χ4n) is 3.06. The van der Waals surface area contributed by atoms with Crippen LogP contribution in [0.2, 0.25) is 0 Å². The van der Waals surface area contributed by atoms with E-state index in [0.717, 1.165) is 36.3 Å². The van der Waals surface area contributed by atoms with E-state index < -0.39 is 0 Å². The quantitative estimate of drug-likeness (QED) is 0.815. The minimum atomic E-state index is 0.0944. The standard InChI is InChI=1S/C16H22N2O2/c17-13-4-2-1-3-5-15(13)20-12-7-8-14-11(10-12)6-9-16(19)18-14/h7-8,10,13,15H,1-6,9,17H2,(H,18,19). The van der Waals surface area contributed by atoms with Crippen LogP contribution in [-0.4, -0.2) is 18.1 Å². The van der Waals surface area contributed by atoms with Gasteiger partial charge >= 0.3 is 0 Å². The zero-order valence-electron chi connectivity index (χ0n) is 11.7. The van der Waals surface area contributed by atoms with Crippen molar-refractivity contribution in [2.45, 2.75) is 57.1 Å². The van der Waals surface area contributed by atoms with E-state index in [-0.39, 0.29) is 18.1 Å². The van der Waals surface area contributed by atoms with E-state index in [1.807, 2.05) is 18.2 Å². The Labute approximate surface area is 119 Å². The monoisotopic (exact) mass is 274 g/mol. The van der Waals surface area contributed by atoms with Crippen LogP contribution >= 0.6 is 0 Å². The number of nitrogens with one attached hydrogen (secondary N) is 1. The van der Waals surface area contributed by atoms with Crippen molar-refractivity contribution < 1.29 is 9.53 Å². The molecular weight excluding hydrogens is 252 g/mol. The Bertz CT molecular complexity index is 501. The van der Waals surface area contributed by atoms with Gasteiger partial charge in [0.25, 0.3) is 0 Å². The Morgan fingerprint density at radius 3 is 2.90 bits per heavy atom. The van der Waals surface area contributed by atoms with Crippen LogP contribution in [0.4, 0.5) is 5.69 Å². The van der Waals surface area contributed by atoms with Gasteiger partial charge in [0, 0.05) is 18.2 Å². The van der Waals surface area contributed by atoms with E-state index in [4.69, 9.17) is 10.5 Å². The summed E-state index contributed by atoms with van der Waals surface area (Å²) in [5.41, 5.74) is 8.27. The molecule has 3 N–H and O–H groups in total. The molecule has 1 aliphatic heterocycles. The van der Waals surface area contributed by atoms with E-state index in [0.29, 0.717) is 6.42 Å². The topological polar surface area (TPSA) is 64.3 Å². The third-order valence-electron chi connectivity index (χ3n) is 4.26. The lowest BCUT2D eigenvalue weighted by atomic mass is 10.0. The third-order valence-corrected chi connectivity index (χ3v) is 4.26. The lowest BCUT2D eigenvalue weighted by Crippen LogP contribution is -2.37. The summed E-state index contributed by atoms with van der Waals surface area (Å²) in [5, 5.41) is 2.89. The van der Waals surface area contributed by atoms with Crippen LogP contribution in [0.1, 0.15) is 44.1 Å². The molecular formula is C16H22N2O2. The molecule has 0 saturated heterocycles. The molecule has 0 aromatic heterocycles. The zero-order valence-corrected chi connectivity index (χ0v) is 11.7. The Balaban J connectivity index is 1.72. The van der Waals surface area contributed by atoms with Gasteiger partial charge in [-0.1, -0.05) is 12.8 Å². The number of amides is 1. The fourth-order valence-corrected chi connectivity index (χ4v) is 3.06. The highest BCUT2D eigenvalue weighted by Gasteiger charge is 2.23. The summed E-state index contributed by atoms with van der Waals surface area (Å²) in [7, 11) is 0. The summed E-state index contributed by atoms with van der Waals surface area (Å²) in [6.07, 6.45) is 7.20. The summed E-state index contributed by atoms with van der Waals surface area (Å²) in [4.78, 5) is 11.3. The molecule has 4 nitrogen and oxygen atoms in total. The molecule has 2 unspecified atom stereocenters. The molecule has 20 heavy (non-hydrogen) atoms. The highest BCUT2D eigenvalue weighted by Crippen LogP contribution is 2.29. The Kier molecular flexibility index (Phi) is 3.92. The van der Waals surface area contributed by atoms with Gasteiger partial charge in [-0.15, -0.1) is 0 Å². The maximum absolute atomic E-state index is 11.3. The van der Waals surface area contributed by atoms with Gasteiger partial charge in [0.2, 0.25) is 5.91 Å². The number of carbonyl (C=O) groups is 1. The summed E-state index contributed by atoms with van der Waals surface area (Å²) in [5.74, 6) is 0.971. The van der Waals surface area contributed by atoms with Gasteiger partial charge in [-0.25, -0.2) is 0 Å². The van der Waals surface area contributed by atoms with Crippen molar-refractivity contribution in [2.75, 3.05) is 5.32 Å². The Hall–Kier alpha value is -1.55. The molecule has 2 aliphatic rings. The minimum absolute atomic E-state index is 0.0944. The van der Waals surface area contributed by atoms with Crippen molar-refractivity contribution in [2.24, 2.45) is 5.73 Å². The first-order valence-electron chi connectivity index (χ1n) is 7.57. The number of rotatable bonds is 2. The van der Waals surface area contributed by atoms with Crippen LogP contribution < -0.4 is 15.8 Å². The second-order valence-corrected chi connectivity index (χ2v) is 5.83. The van der Waals surface area contributed by atoms with Gasteiger partial charge in [-0.3, -0.25) is 4.79 Å². The van der Waals surface area contributed by atoms with Gasteiger partial charge in [-0.05, 0) is 49.4 Å². The van der Waals surface area contributed by atoms with Crippen LogP contribution in [0, 0.1) is 0 Å². The molecule has 1 saturated carbocycles. The molecule has 3 rings (SSSR count). The van der Waals surface area contributed by atoms with Gasteiger partial charge in [0.05, 0.1) is 0 Å². The summed E-state index contributed by atoms with van der Waals surface area (Å²) >= 11 is 0. The molecule has 1 aliphatic carbocycles. The van der Waals surface area contributed by atoms with Gasteiger partial charge in [-0.2, -0.15) is 0 Å². The first-order chi connectivity index (χ1) is 9.72. The van der Waals surface area contributed by atoms with Crippen LogP contribution in [0.25, 0.3) is 0 Å². The second kappa shape index (κ2) is 5.83. The SMILES string of the molecule is NC1CCCCCC1Oc1ccc2c(c1)CCC(=O)N2. The maximum atomic E-state index is 11.3. The van der Waals surface area contributed by atoms with Crippen LogP contribution in [-0.2, 0) is 11.2 Å². The third kappa shape index (κ3) is 2.96. The Morgan fingerprint density at radius 2 is 2.00 bits per heavy atom. The van der Waals surface area contributed by atoms with Crippen molar-refractivity contribution in [3.63, 3.8) is 0 Å². The first-order valence-corrected chi connectivity index (χ1v) is 7.57. The number of hydrogen-bond donors (Lipinski definition) is 2. The maximum Gasteiger partial charge on any atom is 0.224 e. The summed E-state index contributed by atoms with van der Waals surface area (Å²) < 4.78 is 6.10. The number of nitrogens with two attached hydrogens (primary N) is 1. The van der Waals surface area contributed by atoms with Crippen molar-refractivity contribution in [1.29, 1.82) is 0 Å². The molecule has 1 fully saturated rings. The number of carbonyl (C=O) groups excluding carboxylic acids is 1. The highest BCUT2D eigenvalue weighted by atomic mass is 16.5. The van der Waals surface area contributed by atoms with Crippen LogP contribution in [0.15, 0.2) is 18.2 Å². The second-order valence-electron chi connectivity index (χ2n) is 5.83. The molecule has 2 atom stereocenters. The summed E-state index contributed by atoms with van der Waals surface area (Å²) in [6, 6.07) is 6.05. The fraction of sp³-hybridized carbons (Fsp3) is 0.562. The number of hydrogen-bond acceptors (Lipinski definition) is 3. The normalized spacial score (nSPS) is 26.4. The van der Waals surface area contributed by atoms with Gasteiger partial charge < -0.3 is 15.8 Å². The van der Waals surface area contributed by atoms with Gasteiger partial charge in [0.1, 0.15) is 11.9 Å². The number of aryl methyl sites for hydroxylation is 1. The van der Waals surface area contributed by atoms with Gasteiger partial charge in [0.15, 0.2) is 0 Å². The lowest BCUT2D eigenvalue weighted by molar-refractivity contribution is -0.116. The molecule has 4 heteroatoms. The lowest BCUT2D eigenvalue weighted by Gasteiger charge is -2.24. The number of anilines is 1. The molecule has 108 valence electrons. The molecule has 0 radical (unpaired) electrons. The average molecular weight is 274 g/mol. The molecule has 1 aromatic rings. The first kappa shape index (κ1) is 13.4. The number of fused-ring (bicyclic) bond motifs is 1. The molecule has 0 spiro atoms. The number of ether oxygens (including phenoxy) is 1. The van der Waals surface area contributed by atoms with E-state index in [2.05, 4.69) is 5.32 Å². The van der Waals surface area contributed by atoms with E-state index >= 15 is 0 Å². The van der Waals surface area contributed by atoms with E-state index in [9.17, 15) is 4.79 Å². The van der Waals surface area contributed by atoms with Crippen molar-refractivity contribution in [3.8, 4) is 5.75 Å². The summed E-state index contributed by atoms with van der Waals surface area (Å²) in [6.45, 7) is 0. The zero-order chi connectivity index (χ0) is 13.9. The smallest absolute Gasteiger partial charge is 0.224 e. The molecule has 1 heterocycles. The highest BCUT2D eigenvalue weighted by molar-refractivity contribution is 5.93. The average Bonchev–Trinajstić information content (AvgIpc) is 2.64.